The van der Waals surface area contributed by atoms with Crippen molar-refractivity contribution in [1.29, 1.82) is 0 Å². The monoisotopic (exact) mass is 262 g/mol. The fourth-order valence-electron chi connectivity index (χ4n) is 2.85. The van der Waals surface area contributed by atoms with Gasteiger partial charge in [-0.2, -0.15) is 0 Å². The molecule has 19 heavy (non-hydrogen) atoms. The summed E-state index contributed by atoms with van der Waals surface area (Å²) in [7, 11) is 0. The van der Waals surface area contributed by atoms with E-state index in [1.54, 1.807) is 0 Å². The van der Waals surface area contributed by atoms with Crippen LogP contribution in [0.25, 0.3) is 0 Å². The minimum atomic E-state index is -0.752. The third-order valence-corrected chi connectivity index (χ3v) is 4.07. The van der Waals surface area contributed by atoms with Crippen LogP contribution in [0.2, 0.25) is 0 Å². The normalized spacial score (nSPS) is 26.3. The first kappa shape index (κ1) is 12.3. The summed E-state index contributed by atoms with van der Waals surface area (Å²) in [4.78, 5) is 23.1. The molecule has 102 valence electrons. The van der Waals surface area contributed by atoms with Crippen molar-refractivity contribution in [3.05, 3.63) is 24.0 Å². The van der Waals surface area contributed by atoms with Gasteiger partial charge in [0.1, 0.15) is 5.69 Å². The van der Waals surface area contributed by atoms with Crippen LogP contribution in [0.3, 0.4) is 0 Å². The van der Waals surface area contributed by atoms with Crippen molar-refractivity contribution in [2.45, 2.75) is 44.2 Å². The molecule has 0 bridgehead atoms. The Hall–Kier alpha value is -1.78. The Balaban J connectivity index is 1.62. The molecular formula is C14H18N2O3. The molecule has 1 aromatic rings. The van der Waals surface area contributed by atoms with Gasteiger partial charge in [-0.15, -0.1) is 0 Å². The minimum Gasteiger partial charge on any atom is -0.481 e. The van der Waals surface area contributed by atoms with Gasteiger partial charge in [-0.1, -0.05) is 0 Å². The highest BCUT2D eigenvalue weighted by atomic mass is 16.4. The summed E-state index contributed by atoms with van der Waals surface area (Å²) < 4.78 is 2.03. The first-order valence-electron chi connectivity index (χ1n) is 6.85. The van der Waals surface area contributed by atoms with Gasteiger partial charge in [0.05, 0.1) is 5.92 Å². The third kappa shape index (κ3) is 2.50. The van der Waals surface area contributed by atoms with Crippen molar-refractivity contribution in [1.82, 2.24) is 9.88 Å². The van der Waals surface area contributed by atoms with Crippen molar-refractivity contribution in [2.24, 2.45) is 5.92 Å². The van der Waals surface area contributed by atoms with Crippen molar-refractivity contribution < 1.29 is 14.7 Å². The molecule has 0 aliphatic heterocycles. The van der Waals surface area contributed by atoms with Gasteiger partial charge in [0.25, 0.3) is 5.91 Å². The summed E-state index contributed by atoms with van der Waals surface area (Å²) >= 11 is 0. The lowest BCUT2D eigenvalue weighted by atomic mass is 10.1. The van der Waals surface area contributed by atoms with Crippen LogP contribution in [0.5, 0.6) is 0 Å². The van der Waals surface area contributed by atoms with Crippen LogP contribution in [-0.4, -0.2) is 27.6 Å². The van der Waals surface area contributed by atoms with E-state index in [4.69, 9.17) is 5.11 Å². The van der Waals surface area contributed by atoms with Crippen LogP contribution in [-0.2, 0) is 4.79 Å². The number of amides is 1. The van der Waals surface area contributed by atoms with E-state index in [2.05, 4.69) is 5.32 Å². The van der Waals surface area contributed by atoms with E-state index in [0.29, 0.717) is 24.6 Å². The molecule has 2 N–H and O–H groups in total. The molecule has 0 aromatic carbocycles. The molecule has 0 radical (unpaired) electrons. The Morgan fingerprint density at radius 2 is 2.05 bits per heavy atom. The Morgan fingerprint density at radius 1 is 1.26 bits per heavy atom. The maximum atomic E-state index is 12.2. The Bertz CT molecular complexity index is 505. The lowest BCUT2D eigenvalue weighted by Gasteiger charge is -2.14. The lowest BCUT2D eigenvalue weighted by Crippen LogP contribution is -2.34. The number of aliphatic carboxylic acids is 1. The molecule has 2 aliphatic carbocycles. The number of carboxylic acid groups (broad SMARTS) is 1. The Kier molecular flexibility index (Phi) is 3.05. The molecule has 3 rings (SSSR count). The van der Waals surface area contributed by atoms with Gasteiger partial charge in [-0.25, -0.2) is 0 Å². The highest BCUT2D eigenvalue weighted by molar-refractivity contribution is 5.93. The van der Waals surface area contributed by atoms with E-state index in [0.717, 1.165) is 19.3 Å². The number of hydrogen-bond donors (Lipinski definition) is 2. The van der Waals surface area contributed by atoms with Crippen molar-refractivity contribution >= 4 is 11.9 Å². The standard InChI is InChI=1S/C14H18N2O3/c17-13(12-2-1-7-16(12)11-5-6-11)15-10-4-3-9(8-10)14(18)19/h1-2,7,9-11H,3-6,8H2,(H,15,17)(H,18,19). The lowest BCUT2D eigenvalue weighted by molar-refractivity contribution is -0.141. The van der Waals surface area contributed by atoms with Gasteiger partial charge in [-0.05, 0) is 44.2 Å². The number of rotatable bonds is 4. The van der Waals surface area contributed by atoms with Crippen LogP contribution < -0.4 is 5.32 Å². The molecular weight excluding hydrogens is 244 g/mol. The molecule has 1 heterocycles. The molecule has 2 fully saturated rings. The Labute approximate surface area is 111 Å². The third-order valence-electron chi connectivity index (χ3n) is 4.07. The van der Waals surface area contributed by atoms with Gasteiger partial charge in [0.2, 0.25) is 0 Å². The highest BCUT2D eigenvalue weighted by Crippen LogP contribution is 2.36. The maximum absolute atomic E-state index is 12.2. The second-order valence-electron chi connectivity index (χ2n) is 5.55. The van der Waals surface area contributed by atoms with E-state index >= 15 is 0 Å². The van der Waals surface area contributed by atoms with Gasteiger partial charge in [0, 0.05) is 18.3 Å². The zero-order chi connectivity index (χ0) is 13.4. The summed E-state index contributed by atoms with van der Waals surface area (Å²) in [5.41, 5.74) is 0.696. The number of aromatic nitrogens is 1. The smallest absolute Gasteiger partial charge is 0.306 e. The summed E-state index contributed by atoms with van der Waals surface area (Å²) in [5, 5.41) is 11.9. The SMILES string of the molecule is O=C(NC1CCC(C(=O)O)C1)c1cccn1C1CC1. The summed E-state index contributed by atoms with van der Waals surface area (Å²) in [5.74, 6) is -1.13. The molecule has 1 amide bonds. The second kappa shape index (κ2) is 4.72. The van der Waals surface area contributed by atoms with Crippen LogP contribution >= 0.6 is 0 Å². The average molecular weight is 262 g/mol. The van der Waals surface area contributed by atoms with E-state index < -0.39 is 5.97 Å². The minimum absolute atomic E-state index is 0.00356. The summed E-state index contributed by atoms with van der Waals surface area (Å²) in [6.45, 7) is 0. The fourth-order valence-corrected chi connectivity index (χ4v) is 2.85. The molecule has 5 nitrogen and oxygen atoms in total. The molecule has 2 saturated carbocycles. The quantitative estimate of drug-likeness (QED) is 0.869. The van der Waals surface area contributed by atoms with Crippen LogP contribution in [0.1, 0.15) is 48.6 Å². The summed E-state index contributed by atoms with van der Waals surface area (Å²) in [6.07, 6.45) is 6.18. The van der Waals surface area contributed by atoms with E-state index in [-0.39, 0.29) is 17.9 Å². The number of nitrogens with zero attached hydrogens (tertiary/aromatic N) is 1. The van der Waals surface area contributed by atoms with Gasteiger partial charge in [0.15, 0.2) is 0 Å². The Morgan fingerprint density at radius 3 is 2.68 bits per heavy atom. The molecule has 0 spiro atoms. The number of hydrogen-bond acceptors (Lipinski definition) is 2. The average Bonchev–Trinajstić information content (AvgIpc) is 2.92. The van der Waals surface area contributed by atoms with E-state index in [1.165, 1.54) is 0 Å². The second-order valence-corrected chi connectivity index (χ2v) is 5.55. The molecule has 2 atom stereocenters. The molecule has 2 aliphatic rings. The van der Waals surface area contributed by atoms with Gasteiger partial charge in [-0.3, -0.25) is 9.59 Å². The maximum Gasteiger partial charge on any atom is 0.306 e. The largest absolute Gasteiger partial charge is 0.481 e. The predicted octanol–water partition coefficient (Wildman–Crippen LogP) is 1.81. The van der Waals surface area contributed by atoms with Crippen molar-refractivity contribution in [3.63, 3.8) is 0 Å². The van der Waals surface area contributed by atoms with Gasteiger partial charge >= 0.3 is 5.97 Å². The number of carbonyl (C=O) groups is 2. The van der Waals surface area contributed by atoms with Crippen molar-refractivity contribution in [2.75, 3.05) is 0 Å². The van der Waals surface area contributed by atoms with E-state index in [9.17, 15) is 9.59 Å². The topological polar surface area (TPSA) is 71.3 Å². The first-order valence-corrected chi connectivity index (χ1v) is 6.85. The molecule has 5 heteroatoms. The molecule has 1 aromatic heterocycles. The number of carbonyl (C=O) groups excluding carboxylic acids is 1. The zero-order valence-corrected chi connectivity index (χ0v) is 10.7. The van der Waals surface area contributed by atoms with Crippen LogP contribution in [0.15, 0.2) is 18.3 Å². The number of nitrogens with one attached hydrogen (secondary N) is 1. The van der Waals surface area contributed by atoms with Gasteiger partial charge < -0.3 is 15.0 Å². The fraction of sp³-hybridized carbons (Fsp3) is 0.571. The van der Waals surface area contributed by atoms with Crippen molar-refractivity contribution in [3.8, 4) is 0 Å². The first-order chi connectivity index (χ1) is 9.15. The number of carboxylic acids is 1. The molecule has 2 unspecified atom stereocenters. The van der Waals surface area contributed by atoms with Crippen LogP contribution in [0.4, 0.5) is 0 Å². The molecule has 0 saturated heterocycles. The highest BCUT2D eigenvalue weighted by Gasteiger charge is 2.32. The zero-order valence-electron chi connectivity index (χ0n) is 10.7. The summed E-state index contributed by atoms with van der Waals surface area (Å²) in [6, 6.07) is 4.20. The van der Waals surface area contributed by atoms with E-state index in [1.807, 2.05) is 22.9 Å². The predicted molar refractivity (Wildman–Crippen MR) is 68.9 cm³/mol. The van der Waals surface area contributed by atoms with Crippen LogP contribution in [0, 0.1) is 5.92 Å².